The van der Waals surface area contributed by atoms with Crippen molar-refractivity contribution in [1.82, 2.24) is 0 Å². The molecule has 0 radical (unpaired) electrons. The molecule has 0 fully saturated rings. The Kier molecular flexibility index (Phi) is 3.80. The fourth-order valence-electron chi connectivity index (χ4n) is 1.29. The lowest BCUT2D eigenvalue weighted by Gasteiger charge is -2.13. The van der Waals surface area contributed by atoms with Gasteiger partial charge in [0.05, 0.1) is 26.4 Å². The topological polar surface area (TPSA) is 44.8 Å². The van der Waals surface area contributed by atoms with E-state index in [4.69, 9.17) is 25.8 Å². The molecular weight excluding hydrogens is 220 g/mol. The molecule has 0 bridgehead atoms. The molecule has 0 atom stereocenters. The predicted molar refractivity (Wildman–Crippen MR) is 56.5 cm³/mol. The Hall–Kier alpha value is -1.42. The number of rotatable bonds is 4. The normalized spacial score (nSPS) is 9.60. The van der Waals surface area contributed by atoms with Crippen molar-refractivity contribution in [2.75, 3.05) is 21.3 Å². The first-order valence-electron chi connectivity index (χ1n) is 4.13. The molecule has 1 rings (SSSR count). The highest BCUT2D eigenvalue weighted by Gasteiger charge is 2.18. The molecule has 0 aromatic heterocycles. The van der Waals surface area contributed by atoms with Gasteiger partial charge < -0.3 is 14.2 Å². The molecule has 82 valence electrons. The summed E-state index contributed by atoms with van der Waals surface area (Å²) in [5.74, 6) is 0.989. The number of carbonyl (C=O) groups excluding carboxylic acids is 1. The summed E-state index contributed by atoms with van der Waals surface area (Å²) in [5, 5.41) is 0.303. The molecule has 0 aliphatic rings. The Morgan fingerprint density at radius 2 is 1.73 bits per heavy atom. The number of aldehydes is 1. The van der Waals surface area contributed by atoms with E-state index in [1.54, 1.807) is 0 Å². The number of carbonyl (C=O) groups is 1. The third-order valence-electron chi connectivity index (χ3n) is 1.93. The molecule has 0 spiro atoms. The minimum Gasteiger partial charge on any atom is -0.494 e. The van der Waals surface area contributed by atoms with Crippen LogP contribution in [-0.4, -0.2) is 27.6 Å². The van der Waals surface area contributed by atoms with Crippen LogP contribution in [-0.2, 0) is 0 Å². The Balaban J connectivity index is 3.51. The molecule has 0 saturated carbocycles. The van der Waals surface area contributed by atoms with Crippen molar-refractivity contribution >= 4 is 17.9 Å². The summed E-state index contributed by atoms with van der Waals surface area (Å²) in [4.78, 5) is 10.9. The molecule has 0 heterocycles. The van der Waals surface area contributed by atoms with E-state index >= 15 is 0 Å². The van der Waals surface area contributed by atoms with Gasteiger partial charge in [-0.05, 0) is 0 Å². The lowest BCUT2D eigenvalue weighted by atomic mass is 10.1. The molecular formula is C10H11ClO4. The van der Waals surface area contributed by atoms with E-state index < -0.39 is 0 Å². The molecule has 0 amide bonds. The number of methoxy groups -OCH3 is 3. The molecule has 0 unspecified atom stereocenters. The van der Waals surface area contributed by atoms with Crippen molar-refractivity contribution < 1.29 is 19.0 Å². The SMILES string of the molecule is COc1cc(Cl)c(OC)c(C=O)c1OC. The zero-order chi connectivity index (χ0) is 11.4. The molecule has 1 aromatic carbocycles. The fourth-order valence-corrected chi connectivity index (χ4v) is 1.57. The highest BCUT2D eigenvalue weighted by atomic mass is 35.5. The quantitative estimate of drug-likeness (QED) is 0.744. The van der Waals surface area contributed by atoms with Crippen LogP contribution in [0.3, 0.4) is 0 Å². The summed E-state index contributed by atoms with van der Waals surface area (Å²) in [5.41, 5.74) is 0.240. The first-order chi connectivity index (χ1) is 7.19. The maximum Gasteiger partial charge on any atom is 0.175 e. The van der Waals surface area contributed by atoms with Gasteiger partial charge in [0.15, 0.2) is 23.5 Å². The van der Waals surface area contributed by atoms with Gasteiger partial charge in [0.25, 0.3) is 0 Å². The third kappa shape index (κ3) is 1.99. The Morgan fingerprint density at radius 1 is 1.13 bits per heavy atom. The maximum atomic E-state index is 10.9. The van der Waals surface area contributed by atoms with Crippen LogP contribution < -0.4 is 14.2 Å². The second-order valence-electron chi connectivity index (χ2n) is 2.66. The number of benzene rings is 1. The third-order valence-corrected chi connectivity index (χ3v) is 2.21. The second kappa shape index (κ2) is 4.89. The van der Waals surface area contributed by atoms with Crippen molar-refractivity contribution in [3.05, 3.63) is 16.7 Å². The summed E-state index contributed by atoms with van der Waals surface area (Å²) >= 11 is 5.90. The van der Waals surface area contributed by atoms with Crippen LogP contribution in [0, 0.1) is 0 Å². The first kappa shape index (κ1) is 11.7. The molecule has 0 N–H and O–H groups in total. The average molecular weight is 231 g/mol. The average Bonchev–Trinajstić information content (AvgIpc) is 2.27. The van der Waals surface area contributed by atoms with Gasteiger partial charge in [-0.15, -0.1) is 0 Å². The van der Waals surface area contributed by atoms with Crippen LogP contribution in [0.15, 0.2) is 6.07 Å². The summed E-state index contributed by atoms with van der Waals surface area (Å²) in [6.07, 6.45) is 0.617. The number of ether oxygens (including phenoxy) is 3. The van der Waals surface area contributed by atoms with Crippen LogP contribution in [0.5, 0.6) is 17.2 Å². The van der Waals surface area contributed by atoms with Gasteiger partial charge in [-0.1, -0.05) is 11.6 Å². The van der Waals surface area contributed by atoms with Gasteiger partial charge in [-0.3, -0.25) is 4.79 Å². The lowest BCUT2D eigenvalue weighted by molar-refractivity contribution is 0.111. The van der Waals surface area contributed by atoms with Crippen molar-refractivity contribution in [3.63, 3.8) is 0 Å². The highest BCUT2D eigenvalue weighted by Crippen LogP contribution is 2.41. The standard InChI is InChI=1S/C10H11ClO4/c1-13-8-4-7(11)9(14-2)6(5-12)10(8)15-3/h4-5H,1-3H3. The van der Waals surface area contributed by atoms with Crippen LogP contribution in [0.2, 0.25) is 5.02 Å². The second-order valence-corrected chi connectivity index (χ2v) is 3.07. The van der Waals surface area contributed by atoms with E-state index in [1.807, 2.05) is 0 Å². The van der Waals surface area contributed by atoms with Crippen molar-refractivity contribution in [1.29, 1.82) is 0 Å². The van der Waals surface area contributed by atoms with E-state index in [9.17, 15) is 4.79 Å². The molecule has 5 heteroatoms. The van der Waals surface area contributed by atoms with Crippen molar-refractivity contribution in [3.8, 4) is 17.2 Å². The van der Waals surface area contributed by atoms with Crippen molar-refractivity contribution in [2.24, 2.45) is 0 Å². The molecule has 0 saturated heterocycles. The van der Waals surface area contributed by atoms with Gasteiger partial charge in [0, 0.05) is 6.07 Å². The number of hydrogen-bond donors (Lipinski definition) is 0. The first-order valence-corrected chi connectivity index (χ1v) is 4.51. The lowest BCUT2D eigenvalue weighted by Crippen LogP contribution is -1.99. The molecule has 0 aliphatic heterocycles. The summed E-state index contributed by atoms with van der Waals surface area (Å²) in [6.45, 7) is 0. The highest BCUT2D eigenvalue weighted by molar-refractivity contribution is 6.32. The molecule has 0 aliphatic carbocycles. The smallest absolute Gasteiger partial charge is 0.175 e. The minimum atomic E-state index is 0.240. The minimum absolute atomic E-state index is 0.240. The zero-order valence-corrected chi connectivity index (χ0v) is 9.42. The maximum absolute atomic E-state index is 10.9. The monoisotopic (exact) mass is 230 g/mol. The summed E-state index contributed by atoms with van der Waals surface area (Å²) in [7, 11) is 4.34. The Bertz CT molecular complexity index is 376. The van der Waals surface area contributed by atoms with E-state index in [0.717, 1.165) is 0 Å². The van der Waals surface area contributed by atoms with Gasteiger partial charge >= 0.3 is 0 Å². The van der Waals surface area contributed by atoms with Crippen LogP contribution in [0.25, 0.3) is 0 Å². The fraction of sp³-hybridized carbons (Fsp3) is 0.300. The predicted octanol–water partition coefficient (Wildman–Crippen LogP) is 2.18. The van der Waals surface area contributed by atoms with Crippen LogP contribution in [0.4, 0.5) is 0 Å². The Morgan fingerprint density at radius 3 is 2.13 bits per heavy atom. The van der Waals surface area contributed by atoms with Gasteiger partial charge in [0.1, 0.15) is 5.56 Å². The summed E-state index contributed by atoms with van der Waals surface area (Å²) < 4.78 is 15.1. The molecule has 4 nitrogen and oxygen atoms in total. The van der Waals surface area contributed by atoms with Gasteiger partial charge in [-0.25, -0.2) is 0 Å². The van der Waals surface area contributed by atoms with E-state index in [2.05, 4.69) is 0 Å². The largest absolute Gasteiger partial charge is 0.494 e. The van der Waals surface area contributed by atoms with E-state index in [-0.39, 0.29) is 11.3 Å². The van der Waals surface area contributed by atoms with Crippen molar-refractivity contribution in [2.45, 2.75) is 0 Å². The molecule has 15 heavy (non-hydrogen) atoms. The van der Waals surface area contributed by atoms with Crippen LogP contribution >= 0.6 is 11.6 Å². The Labute approximate surface area is 92.7 Å². The van der Waals surface area contributed by atoms with Crippen LogP contribution in [0.1, 0.15) is 10.4 Å². The number of halogens is 1. The van der Waals surface area contributed by atoms with E-state index in [1.165, 1.54) is 27.4 Å². The summed E-state index contributed by atoms with van der Waals surface area (Å²) in [6, 6.07) is 1.53. The van der Waals surface area contributed by atoms with Gasteiger partial charge in [0.2, 0.25) is 0 Å². The number of hydrogen-bond acceptors (Lipinski definition) is 4. The molecule has 1 aromatic rings. The zero-order valence-electron chi connectivity index (χ0n) is 8.67. The van der Waals surface area contributed by atoms with E-state index in [0.29, 0.717) is 22.8 Å². The van der Waals surface area contributed by atoms with Gasteiger partial charge in [-0.2, -0.15) is 0 Å².